The van der Waals surface area contributed by atoms with Gasteiger partial charge in [0.15, 0.2) is 11.5 Å². The average Bonchev–Trinajstić information content (AvgIpc) is 3.46. The smallest absolute Gasteiger partial charge is 0.255 e. The molecule has 27 heavy (non-hydrogen) atoms. The first-order valence-electron chi connectivity index (χ1n) is 8.74. The van der Waals surface area contributed by atoms with E-state index in [1.807, 2.05) is 6.92 Å². The molecule has 0 spiro atoms. The van der Waals surface area contributed by atoms with Gasteiger partial charge in [-0.2, -0.15) is 0 Å². The average molecular weight is 389 g/mol. The summed E-state index contributed by atoms with van der Waals surface area (Å²) in [7, 11) is 1.52. The second-order valence-electron chi connectivity index (χ2n) is 6.20. The first kappa shape index (κ1) is 19.0. The molecule has 3 rings (SSSR count). The van der Waals surface area contributed by atoms with Gasteiger partial charge in [-0.1, -0.05) is 11.6 Å². The SMILES string of the molecule is CCOc1ccc(C(=O)Nc2ccc(C(=O)NC3CC3)c(Cl)c2)cc1OC. The molecule has 1 aliphatic rings. The number of benzene rings is 2. The topological polar surface area (TPSA) is 76.7 Å². The van der Waals surface area contributed by atoms with Gasteiger partial charge in [-0.05, 0) is 56.2 Å². The Kier molecular flexibility index (Phi) is 5.86. The second-order valence-corrected chi connectivity index (χ2v) is 6.60. The molecule has 0 aliphatic heterocycles. The highest BCUT2D eigenvalue weighted by Crippen LogP contribution is 2.29. The van der Waals surface area contributed by atoms with Gasteiger partial charge in [0.1, 0.15) is 0 Å². The molecule has 2 aromatic carbocycles. The van der Waals surface area contributed by atoms with Crippen LogP contribution in [0.25, 0.3) is 0 Å². The van der Waals surface area contributed by atoms with Gasteiger partial charge < -0.3 is 20.1 Å². The maximum atomic E-state index is 12.5. The molecule has 6 nitrogen and oxygen atoms in total. The Bertz CT molecular complexity index is 865. The molecule has 1 fully saturated rings. The molecule has 7 heteroatoms. The molecule has 2 aromatic rings. The zero-order valence-electron chi connectivity index (χ0n) is 15.2. The zero-order valence-corrected chi connectivity index (χ0v) is 15.9. The normalized spacial score (nSPS) is 13.0. The number of halogens is 1. The number of carbonyl (C=O) groups excluding carboxylic acids is 2. The molecule has 0 radical (unpaired) electrons. The fourth-order valence-corrected chi connectivity index (χ4v) is 2.82. The predicted molar refractivity (Wildman–Crippen MR) is 104 cm³/mol. The van der Waals surface area contributed by atoms with Crippen molar-refractivity contribution >= 4 is 29.1 Å². The molecule has 0 heterocycles. The van der Waals surface area contributed by atoms with Crippen molar-refractivity contribution in [2.24, 2.45) is 0 Å². The summed E-state index contributed by atoms with van der Waals surface area (Å²) >= 11 is 6.21. The minimum atomic E-state index is -0.317. The van der Waals surface area contributed by atoms with Crippen molar-refractivity contribution in [2.45, 2.75) is 25.8 Å². The molecule has 0 bridgehead atoms. The number of methoxy groups -OCH3 is 1. The molecule has 0 unspecified atom stereocenters. The summed E-state index contributed by atoms with van der Waals surface area (Å²) in [5.41, 5.74) is 1.31. The van der Waals surface area contributed by atoms with E-state index in [0.717, 1.165) is 12.8 Å². The maximum absolute atomic E-state index is 12.5. The molecule has 0 aromatic heterocycles. The molecule has 142 valence electrons. The first-order chi connectivity index (χ1) is 13.0. The Balaban J connectivity index is 1.71. The summed E-state index contributed by atoms with van der Waals surface area (Å²) in [5, 5.41) is 5.95. The van der Waals surface area contributed by atoms with Crippen molar-refractivity contribution in [3.05, 3.63) is 52.5 Å². The third-order valence-corrected chi connectivity index (χ3v) is 4.42. The molecule has 1 saturated carbocycles. The summed E-state index contributed by atoms with van der Waals surface area (Å²) in [5.74, 6) is 0.541. The van der Waals surface area contributed by atoms with Crippen molar-refractivity contribution < 1.29 is 19.1 Å². The molecule has 0 atom stereocenters. The van der Waals surface area contributed by atoms with Crippen LogP contribution in [0.3, 0.4) is 0 Å². The number of carbonyl (C=O) groups is 2. The van der Waals surface area contributed by atoms with E-state index in [0.29, 0.717) is 34.9 Å². The second kappa shape index (κ2) is 8.31. The highest BCUT2D eigenvalue weighted by Gasteiger charge is 2.24. The molecule has 2 N–H and O–H groups in total. The van der Waals surface area contributed by atoms with Crippen molar-refractivity contribution in [2.75, 3.05) is 19.0 Å². The lowest BCUT2D eigenvalue weighted by atomic mass is 10.1. The van der Waals surface area contributed by atoms with E-state index in [4.69, 9.17) is 21.1 Å². The fraction of sp³-hybridized carbons (Fsp3) is 0.300. The van der Waals surface area contributed by atoms with Crippen molar-refractivity contribution in [1.29, 1.82) is 0 Å². The number of rotatable bonds is 7. The predicted octanol–water partition coefficient (Wildman–Crippen LogP) is 3.89. The first-order valence-corrected chi connectivity index (χ1v) is 9.12. The van der Waals surface area contributed by atoms with Gasteiger partial charge in [0, 0.05) is 17.3 Å². The van der Waals surface area contributed by atoms with Crippen molar-refractivity contribution in [3.63, 3.8) is 0 Å². The van der Waals surface area contributed by atoms with E-state index in [1.165, 1.54) is 7.11 Å². The Morgan fingerprint density at radius 1 is 1.11 bits per heavy atom. The lowest BCUT2D eigenvalue weighted by Crippen LogP contribution is -2.25. The van der Waals surface area contributed by atoms with E-state index in [9.17, 15) is 9.59 Å². The van der Waals surface area contributed by atoms with Crippen molar-refractivity contribution in [1.82, 2.24) is 5.32 Å². The lowest BCUT2D eigenvalue weighted by Gasteiger charge is -2.12. The Labute approximate surface area is 162 Å². The van der Waals surface area contributed by atoms with E-state index in [1.54, 1.807) is 36.4 Å². The van der Waals surface area contributed by atoms with E-state index < -0.39 is 0 Å². The fourth-order valence-electron chi connectivity index (χ4n) is 2.55. The van der Waals surface area contributed by atoms with E-state index >= 15 is 0 Å². The van der Waals surface area contributed by atoms with Crippen LogP contribution in [0.4, 0.5) is 5.69 Å². The van der Waals surface area contributed by atoms with Crippen LogP contribution >= 0.6 is 11.6 Å². The third kappa shape index (κ3) is 4.71. The van der Waals surface area contributed by atoms with Gasteiger partial charge in [0.05, 0.1) is 24.3 Å². The maximum Gasteiger partial charge on any atom is 0.255 e. The summed E-state index contributed by atoms with van der Waals surface area (Å²) < 4.78 is 10.7. The molecular formula is C20H21ClN2O4. The highest BCUT2D eigenvalue weighted by molar-refractivity contribution is 6.34. The molecule has 2 amide bonds. The van der Waals surface area contributed by atoms with Gasteiger partial charge in [-0.15, -0.1) is 0 Å². The van der Waals surface area contributed by atoms with Crippen LogP contribution in [0.15, 0.2) is 36.4 Å². The van der Waals surface area contributed by atoms with Crippen LogP contribution in [0.2, 0.25) is 5.02 Å². The van der Waals surface area contributed by atoms with E-state index in [2.05, 4.69) is 10.6 Å². The van der Waals surface area contributed by atoms with Gasteiger partial charge >= 0.3 is 0 Å². The summed E-state index contributed by atoms with van der Waals surface area (Å²) in [6.45, 7) is 2.37. The van der Waals surface area contributed by atoms with Gasteiger partial charge in [-0.3, -0.25) is 9.59 Å². The quantitative estimate of drug-likeness (QED) is 0.754. The highest BCUT2D eigenvalue weighted by atomic mass is 35.5. The van der Waals surface area contributed by atoms with Crippen LogP contribution < -0.4 is 20.1 Å². The van der Waals surface area contributed by atoms with Crippen LogP contribution in [0.5, 0.6) is 11.5 Å². The van der Waals surface area contributed by atoms with Crippen LogP contribution in [-0.2, 0) is 0 Å². The number of amides is 2. The van der Waals surface area contributed by atoms with Gasteiger partial charge in [0.2, 0.25) is 0 Å². The number of nitrogens with one attached hydrogen (secondary N) is 2. The van der Waals surface area contributed by atoms with Crippen LogP contribution in [-0.4, -0.2) is 31.6 Å². The van der Waals surface area contributed by atoms with Crippen LogP contribution in [0.1, 0.15) is 40.5 Å². The lowest BCUT2D eigenvalue weighted by molar-refractivity contribution is 0.0950. The number of anilines is 1. The third-order valence-electron chi connectivity index (χ3n) is 4.11. The van der Waals surface area contributed by atoms with Gasteiger partial charge in [-0.25, -0.2) is 0 Å². The number of ether oxygens (including phenoxy) is 2. The number of hydrogen-bond donors (Lipinski definition) is 2. The minimum absolute atomic E-state index is 0.198. The summed E-state index contributed by atoms with van der Waals surface area (Å²) in [6, 6.07) is 10.0. The Hall–Kier alpha value is -2.73. The Morgan fingerprint density at radius 2 is 1.89 bits per heavy atom. The van der Waals surface area contributed by atoms with Crippen LogP contribution in [0, 0.1) is 0 Å². The van der Waals surface area contributed by atoms with Gasteiger partial charge in [0.25, 0.3) is 11.8 Å². The monoisotopic (exact) mass is 388 g/mol. The molecular weight excluding hydrogens is 368 g/mol. The Morgan fingerprint density at radius 3 is 2.52 bits per heavy atom. The summed E-state index contributed by atoms with van der Waals surface area (Å²) in [6.07, 6.45) is 2.01. The molecule has 1 aliphatic carbocycles. The van der Waals surface area contributed by atoms with E-state index in [-0.39, 0.29) is 22.9 Å². The minimum Gasteiger partial charge on any atom is -0.493 e. The largest absolute Gasteiger partial charge is 0.493 e. The zero-order chi connectivity index (χ0) is 19.4. The number of hydrogen-bond acceptors (Lipinski definition) is 4. The standard InChI is InChI=1S/C20H21ClN2O4/c1-3-27-17-9-4-12(10-18(17)26-2)19(24)23-14-7-8-15(16(21)11-14)20(25)22-13-5-6-13/h4,7-11,13H,3,5-6H2,1-2H3,(H,22,25)(H,23,24). The molecule has 0 saturated heterocycles. The summed E-state index contributed by atoms with van der Waals surface area (Å²) in [4.78, 5) is 24.6. The van der Waals surface area contributed by atoms with Crippen molar-refractivity contribution in [3.8, 4) is 11.5 Å².